The van der Waals surface area contributed by atoms with Gasteiger partial charge >= 0.3 is 12.0 Å². The lowest BCUT2D eigenvalue weighted by Gasteiger charge is -2.09. The second kappa shape index (κ2) is 8.60. The average molecular weight is 347 g/mol. The van der Waals surface area contributed by atoms with Crippen molar-refractivity contribution in [3.8, 4) is 0 Å². The number of rotatable bonds is 5. The largest absolute Gasteiger partial charge is 0.452 e. The van der Waals surface area contributed by atoms with Crippen LogP contribution in [0.2, 0.25) is 10.0 Å². The molecule has 0 aliphatic heterocycles. The molecule has 0 aliphatic rings. The molecule has 0 fully saturated rings. The molecule has 22 heavy (non-hydrogen) atoms. The van der Waals surface area contributed by atoms with Gasteiger partial charge in [0.25, 0.3) is 5.91 Å². The SMILES string of the molecule is CC(C)CNC(=O)NC(=O)COC(=O)c1c(Cl)cccc1Cl. The number of hydrogen-bond donors (Lipinski definition) is 2. The molecule has 0 spiro atoms. The molecule has 3 amide bonds. The number of carbonyl (C=O) groups excluding carboxylic acids is 3. The molecule has 0 saturated carbocycles. The molecule has 0 aromatic heterocycles. The van der Waals surface area contributed by atoms with Gasteiger partial charge in [-0.15, -0.1) is 0 Å². The highest BCUT2D eigenvalue weighted by atomic mass is 35.5. The molecule has 8 heteroatoms. The quantitative estimate of drug-likeness (QED) is 0.802. The first-order valence-corrected chi connectivity index (χ1v) is 7.25. The Hall–Kier alpha value is -1.79. The van der Waals surface area contributed by atoms with E-state index in [4.69, 9.17) is 27.9 Å². The Morgan fingerprint density at radius 2 is 1.77 bits per heavy atom. The van der Waals surface area contributed by atoms with Crippen LogP contribution >= 0.6 is 23.2 Å². The Morgan fingerprint density at radius 3 is 2.32 bits per heavy atom. The smallest absolute Gasteiger partial charge is 0.341 e. The summed E-state index contributed by atoms with van der Waals surface area (Å²) in [7, 11) is 0. The Bertz CT molecular complexity index is 556. The fraction of sp³-hybridized carbons (Fsp3) is 0.357. The number of ether oxygens (including phenoxy) is 1. The van der Waals surface area contributed by atoms with Gasteiger partial charge in [0.2, 0.25) is 0 Å². The first kappa shape index (κ1) is 18.3. The van der Waals surface area contributed by atoms with Crippen molar-refractivity contribution in [3.63, 3.8) is 0 Å². The summed E-state index contributed by atoms with van der Waals surface area (Å²) >= 11 is 11.7. The van der Waals surface area contributed by atoms with Gasteiger partial charge in [0.05, 0.1) is 15.6 Å². The predicted molar refractivity (Wildman–Crippen MR) is 83.1 cm³/mol. The summed E-state index contributed by atoms with van der Waals surface area (Å²) < 4.78 is 4.78. The van der Waals surface area contributed by atoms with Crippen LogP contribution in [-0.4, -0.2) is 31.1 Å². The van der Waals surface area contributed by atoms with Gasteiger partial charge in [-0.1, -0.05) is 43.1 Å². The molecule has 2 N–H and O–H groups in total. The van der Waals surface area contributed by atoms with Crippen molar-refractivity contribution in [2.45, 2.75) is 13.8 Å². The van der Waals surface area contributed by atoms with Gasteiger partial charge in [0.1, 0.15) is 0 Å². The van der Waals surface area contributed by atoms with Crippen LogP contribution in [0.15, 0.2) is 18.2 Å². The van der Waals surface area contributed by atoms with Gasteiger partial charge in [0, 0.05) is 6.54 Å². The molecule has 0 aliphatic carbocycles. The number of halogens is 2. The van der Waals surface area contributed by atoms with Crippen LogP contribution in [0.3, 0.4) is 0 Å². The standard InChI is InChI=1S/C14H16Cl2N2O4/c1-8(2)6-17-14(21)18-11(19)7-22-13(20)12-9(15)4-3-5-10(12)16/h3-5,8H,6-7H2,1-2H3,(H2,17,18,19,21). The highest BCUT2D eigenvalue weighted by Crippen LogP contribution is 2.24. The maximum atomic E-state index is 11.8. The van der Waals surface area contributed by atoms with Gasteiger partial charge in [-0.2, -0.15) is 0 Å². The lowest BCUT2D eigenvalue weighted by Crippen LogP contribution is -2.42. The topological polar surface area (TPSA) is 84.5 Å². The summed E-state index contributed by atoms with van der Waals surface area (Å²) in [6.45, 7) is 3.64. The highest BCUT2D eigenvalue weighted by molar-refractivity contribution is 6.39. The van der Waals surface area contributed by atoms with E-state index in [9.17, 15) is 14.4 Å². The maximum absolute atomic E-state index is 11.8. The fourth-order valence-electron chi connectivity index (χ4n) is 1.40. The summed E-state index contributed by atoms with van der Waals surface area (Å²) in [6.07, 6.45) is 0. The van der Waals surface area contributed by atoms with Gasteiger partial charge < -0.3 is 10.1 Å². The van der Waals surface area contributed by atoms with Crippen LogP contribution in [0.25, 0.3) is 0 Å². The lowest BCUT2D eigenvalue weighted by molar-refractivity contribution is -0.123. The number of amides is 3. The van der Waals surface area contributed by atoms with Crippen molar-refractivity contribution in [1.29, 1.82) is 0 Å². The number of benzene rings is 1. The van der Waals surface area contributed by atoms with E-state index in [1.54, 1.807) is 6.07 Å². The van der Waals surface area contributed by atoms with Crippen LogP contribution in [0, 0.1) is 5.92 Å². The molecule has 1 rings (SSSR count). The number of esters is 1. The van der Waals surface area contributed by atoms with E-state index in [0.717, 1.165) is 0 Å². The Morgan fingerprint density at radius 1 is 1.18 bits per heavy atom. The van der Waals surface area contributed by atoms with Crippen LogP contribution in [0.4, 0.5) is 4.79 Å². The molecule has 1 aromatic carbocycles. The molecular formula is C14H16Cl2N2O4. The van der Waals surface area contributed by atoms with E-state index >= 15 is 0 Å². The normalized spacial score (nSPS) is 10.2. The van der Waals surface area contributed by atoms with Gasteiger partial charge in [-0.3, -0.25) is 10.1 Å². The van der Waals surface area contributed by atoms with E-state index in [1.807, 2.05) is 19.2 Å². The van der Waals surface area contributed by atoms with Crippen LogP contribution in [0.5, 0.6) is 0 Å². The lowest BCUT2D eigenvalue weighted by atomic mass is 10.2. The third-order valence-electron chi connectivity index (χ3n) is 2.43. The monoisotopic (exact) mass is 346 g/mol. The summed E-state index contributed by atoms with van der Waals surface area (Å²) in [4.78, 5) is 34.7. The van der Waals surface area contributed by atoms with E-state index in [-0.39, 0.29) is 21.5 Å². The fourth-order valence-corrected chi connectivity index (χ4v) is 1.95. The maximum Gasteiger partial charge on any atom is 0.341 e. The zero-order valence-corrected chi connectivity index (χ0v) is 13.6. The second-order valence-corrected chi connectivity index (χ2v) is 5.64. The predicted octanol–water partition coefficient (Wildman–Crippen LogP) is 2.63. The molecule has 0 heterocycles. The molecular weight excluding hydrogens is 331 g/mol. The van der Waals surface area contributed by atoms with Crippen molar-refractivity contribution in [2.24, 2.45) is 5.92 Å². The highest BCUT2D eigenvalue weighted by Gasteiger charge is 2.18. The zero-order chi connectivity index (χ0) is 16.7. The number of urea groups is 1. The Labute approximate surface area is 138 Å². The first-order chi connectivity index (χ1) is 10.3. The number of nitrogens with one attached hydrogen (secondary N) is 2. The van der Waals surface area contributed by atoms with Crippen molar-refractivity contribution in [2.75, 3.05) is 13.2 Å². The van der Waals surface area contributed by atoms with Gasteiger partial charge in [-0.25, -0.2) is 9.59 Å². The minimum Gasteiger partial charge on any atom is -0.452 e. The molecule has 0 radical (unpaired) electrons. The molecule has 0 unspecified atom stereocenters. The summed E-state index contributed by atoms with van der Waals surface area (Å²) in [5.41, 5.74) is -0.0251. The first-order valence-electron chi connectivity index (χ1n) is 6.50. The molecule has 0 saturated heterocycles. The zero-order valence-electron chi connectivity index (χ0n) is 12.1. The minimum atomic E-state index is -0.840. The molecule has 6 nitrogen and oxygen atoms in total. The molecule has 120 valence electrons. The van der Waals surface area contributed by atoms with E-state index < -0.39 is 24.5 Å². The van der Waals surface area contributed by atoms with Crippen LogP contribution < -0.4 is 10.6 Å². The van der Waals surface area contributed by atoms with E-state index in [1.165, 1.54) is 12.1 Å². The summed E-state index contributed by atoms with van der Waals surface area (Å²) in [5, 5.41) is 4.77. The number of carbonyl (C=O) groups is 3. The molecule has 1 aromatic rings. The second-order valence-electron chi connectivity index (χ2n) is 4.82. The van der Waals surface area contributed by atoms with Gasteiger partial charge in [-0.05, 0) is 18.1 Å². The Balaban J connectivity index is 2.47. The van der Waals surface area contributed by atoms with Crippen molar-refractivity contribution >= 4 is 41.1 Å². The van der Waals surface area contributed by atoms with E-state index in [0.29, 0.717) is 6.54 Å². The average Bonchev–Trinajstić information content (AvgIpc) is 2.42. The van der Waals surface area contributed by atoms with Crippen molar-refractivity contribution in [1.82, 2.24) is 10.6 Å². The summed E-state index contributed by atoms with van der Waals surface area (Å²) in [6, 6.07) is 3.88. The van der Waals surface area contributed by atoms with Crippen molar-refractivity contribution in [3.05, 3.63) is 33.8 Å². The Kier molecular flexibility index (Phi) is 7.14. The molecule has 0 atom stereocenters. The third-order valence-corrected chi connectivity index (χ3v) is 3.06. The van der Waals surface area contributed by atoms with Crippen LogP contribution in [-0.2, 0) is 9.53 Å². The number of imide groups is 1. The third kappa shape index (κ3) is 5.91. The minimum absolute atomic E-state index is 0.0251. The van der Waals surface area contributed by atoms with Crippen molar-refractivity contribution < 1.29 is 19.1 Å². The van der Waals surface area contributed by atoms with Gasteiger partial charge in [0.15, 0.2) is 6.61 Å². The number of hydrogen-bond acceptors (Lipinski definition) is 4. The van der Waals surface area contributed by atoms with Crippen LogP contribution in [0.1, 0.15) is 24.2 Å². The van der Waals surface area contributed by atoms with E-state index in [2.05, 4.69) is 5.32 Å². The summed E-state index contributed by atoms with van der Waals surface area (Å²) in [5.74, 6) is -1.34. The molecule has 0 bridgehead atoms.